The summed E-state index contributed by atoms with van der Waals surface area (Å²) in [6.45, 7) is 11.6. The summed E-state index contributed by atoms with van der Waals surface area (Å²) in [4.78, 5) is 51.1. The third-order valence-electron chi connectivity index (χ3n) is 10.4. The molecule has 6 rings (SSSR count). The number of carbonyl (C=O) groups is 4. The van der Waals surface area contributed by atoms with Crippen molar-refractivity contribution in [1.82, 2.24) is 14.7 Å². The summed E-state index contributed by atoms with van der Waals surface area (Å²) in [6, 6.07) is 21.4. The first-order valence-electron chi connectivity index (χ1n) is 22.1. The number of phenolic OH excluding ortho intramolecular Hbond substituents is 1. The van der Waals surface area contributed by atoms with Gasteiger partial charge >= 0.3 is 150 Å². The topological polar surface area (TPSA) is 218 Å². The number of alkyl halides is 1. The Morgan fingerprint density at radius 1 is 0.614 bits per heavy atom. The Morgan fingerprint density at radius 2 is 0.914 bits per heavy atom. The summed E-state index contributed by atoms with van der Waals surface area (Å²) in [5.74, 6) is 1.36. The number of methoxy groups -OCH3 is 2. The molecule has 3 aromatic rings. The molecule has 0 unspecified atom stereocenters. The van der Waals surface area contributed by atoms with Gasteiger partial charge in [-0.1, -0.05) is 55.7 Å². The van der Waals surface area contributed by atoms with E-state index in [2.05, 4.69) is 29.1 Å². The fourth-order valence-corrected chi connectivity index (χ4v) is 7.17. The normalized spacial score (nSPS) is 13.7. The van der Waals surface area contributed by atoms with Gasteiger partial charge in [0, 0.05) is 25.5 Å². The smallest absolute Gasteiger partial charge is 1.00 e. The summed E-state index contributed by atoms with van der Waals surface area (Å²) in [6.07, 6.45) is 12.7. The van der Waals surface area contributed by atoms with E-state index in [1.54, 1.807) is 12.1 Å². The van der Waals surface area contributed by atoms with Crippen LogP contribution in [0.1, 0.15) is 75.9 Å². The van der Waals surface area contributed by atoms with Crippen LogP contribution in [0, 0.1) is 0 Å². The minimum atomic E-state index is -0.807. The molecule has 3 saturated heterocycles. The molecule has 3 aromatic carbocycles. The molecular weight excluding hydrogens is 1130 g/mol. The van der Waals surface area contributed by atoms with Crippen LogP contribution in [0.25, 0.3) is 0 Å². The number of phenols is 1. The van der Waals surface area contributed by atoms with E-state index in [9.17, 15) is 14.4 Å². The second kappa shape index (κ2) is 52.8. The number of rotatable bonds is 17. The quantitative estimate of drug-likeness (QED) is 0.0276. The number of carboxylic acids is 1. The molecule has 70 heavy (non-hydrogen) atoms. The monoisotopic (exact) mass is 1200 g/mol. The van der Waals surface area contributed by atoms with Gasteiger partial charge in [-0.25, -0.2) is 0 Å². The van der Waals surface area contributed by atoms with Crippen molar-refractivity contribution in [1.29, 1.82) is 0 Å². The zero-order valence-electron chi connectivity index (χ0n) is 42.9. The van der Waals surface area contributed by atoms with Gasteiger partial charge in [-0.05, 0) is 131 Å². The SMILES string of the molecule is COC(=O)Cc1ccc(O)cc1.COC(=O)Cc1ccc(OCCN2CCCCC2)cc1.Cl.ClCCN1CCCCC1.I.O=C(O)Cc1ccc(OCCN2CCCCC2)cc1.O=CO[O-].[H-].[K+].[K+].[Na+].[OH-]. The fourth-order valence-electron chi connectivity index (χ4n) is 6.93. The molecule has 3 aliphatic rings. The summed E-state index contributed by atoms with van der Waals surface area (Å²) >= 11 is 5.59. The largest absolute Gasteiger partial charge is 1.00 e. The molecule has 16 nitrogen and oxygen atoms in total. The van der Waals surface area contributed by atoms with E-state index in [1.807, 2.05) is 48.5 Å². The molecule has 22 heteroatoms. The van der Waals surface area contributed by atoms with Crippen molar-refractivity contribution in [2.45, 2.75) is 77.0 Å². The van der Waals surface area contributed by atoms with E-state index < -0.39 is 5.97 Å². The maximum Gasteiger partial charge on any atom is 1.00 e. The Morgan fingerprint density at radius 3 is 1.20 bits per heavy atom. The van der Waals surface area contributed by atoms with Gasteiger partial charge in [0.05, 0.1) is 33.5 Å². The number of benzene rings is 3. The van der Waals surface area contributed by atoms with Crippen LogP contribution >= 0.6 is 48.0 Å². The summed E-state index contributed by atoms with van der Waals surface area (Å²) in [7, 11) is 2.75. The number of piperidine rings is 3. The Kier molecular flexibility index (Phi) is 59.7. The molecule has 0 amide bonds. The van der Waals surface area contributed by atoms with Crippen molar-refractivity contribution >= 4 is 72.4 Å². The van der Waals surface area contributed by atoms with E-state index in [0.717, 1.165) is 60.3 Å². The fraction of sp³-hybridized carbons (Fsp3) is 0.542. The minimum Gasteiger partial charge on any atom is -1.00 e. The summed E-state index contributed by atoms with van der Waals surface area (Å²) in [5.41, 5.74) is 2.58. The standard InChI is InChI=1S/C16H23NO3.C15H21NO3.C9H10O3.C7H14ClN.CH2O3.ClH.HI.2K.Na.H2O.H/c1-19-16(18)13-14-5-7-15(8-6-14)20-12-11-17-9-3-2-4-10-17;17-15(18)12-13-4-6-14(7-5-13)19-11-10-16-8-2-1-3-9-16;1-12-9(11)6-7-2-4-8(10)5-3-7;8-4-7-9-5-2-1-3-6-9;2-1-4-3;;;;;;;/h5-8H,2-4,9-13H2,1H3;4-7H,1-3,8-12H2,(H,17,18);2-5,10H,6H2,1H3;1-7H2;1,3H;2*1H;;;;1H2;/q;;;;;;;3*+1;;-1/p-2. The van der Waals surface area contributed by atoms with E-state index in [-0.39, 0.29) is 213 Å². The van der Waals surface area contributed by atoms with Gasteiger partial charge in [0.15, 0.2) is 0 Å². The number of carbonyl (C=O) groups excluding carboxylic acids is 3. The molecule has 0 atom stereocenters. The first-order valence-corrected chi connectivity index (χ1v) is 22.6. The van der Waals surface area contributed by atoms with Crippen molar-refractivity contribution in [3.05, 3.63) is 89.5 Å². The zero-order chi connectivity index (χ0) is 46.6. The number of hydrogen-bond donors (Lipinski definition) is 2. The van der Waals surface area contributed by atoms with E-state index in [1.165, 1.54) is 123 Å². The first-order chi connectivity index (χ1) is 31.1. The van der Waals surface area contributed by atoms with Crippen LogP contribution < -0.4 is 147 Å². The van der Waals surface area contributed by atoms with Gasteiger partial charge in [0.1, 0.15) is 30.5 Å². The van der Waals surface area contributed by atoms with Crippen LogP contribution in [-0.2, 0) is 52.8 Å². The number of aliphatic carboxylic acids is 1. The van der Waals surface area contributed by atoms with Gasteiger partial charge in [-0.3, -0.25) is 29.0 Å². The molecule has 0 aromatic heterocycles. The van der Waals surface area contributed by atoms with Crippen LogP contribution in [0.4, 0.5) is 0 Å². The first kappa shape index (κ1) is 79.2. The average Bonchev–Trinajstić information content (AvgIpc) is 3.32. The number of hydrogen-bond acceptors (Lipinski definition) is 15. The van der Waals surface area contributed by atoms with Gasteiger partial charge in [0.2, 0.25) is 0 Å². The molecule has 0 radical (unpaired) electrons. The minimum absolute atomic E-state index is 0. The predicted octanol–water partition coefficient (Wildman–Crippen LogP) is -2.31. The van der Waals surface area contributed by atoms with Crippen molar-refractivity contribution in [2.24, 2.45) is 0 Å². The van der Waals surface area contributed by atoms with Gasteiger partial charge < -0.3 is 51.1 Å². The summed E-state index contributed by atoms with van der Waals surface area (Å²) in [5, 5.41) is 26.0. The van der Waals surface area contributed by atoms with Crippen LogP contribution in [0.2, 0.25) is 0 Å². The van der Waals surface area contributed by atoms with Gasteiger partial charge in [-0.2, -0.15) is 0 Å². The number of aromatic hydroxyl groups is 1. The number of esters is 2. The molecule has 0 saturated carbocycles. The van der Waals surface area contributed by atoms with Gasteiger partial charge in [-0.15, -0.1) is 48.0 Å². The van der Waals surface area contributed by atoms with Crippen LogP contribution in [0.5, 0.6) is 17.2 Å². The van der Waals surface area contributed by atoms with Crippen LogP contribution in [-0.4, -0.2) is 147 Å². The number of carboxylic acid groups (broad SMARTS) is 1. The maximum absolute atomic E-state index is 11.2. The molecule has 3 fully saturated rings. The van der Waals surface area contributed by atoms with Gasteiger partial charge in [0.25, 0.3) is 6.47 Å². The molecule has 0 spiro atoms. The third-order valence-corrected chi connectivity index (χ3v) is 10.6. The number of likely N-dealkylation sites (tertiary alicyclic amines) is 3. The van der Waals surface area contributed by atoms with E-state index in [0.29, 0.717) is 13.0 Å². The molecule has 3 N–H and O–H groups in total. The van der Waals surface area contributed by atoms with Crippen molar-refractivity contribution < 1.29 is 198 Å². The molecule has 382 valence electrons. The predicted molar refractivity (Wildman–Crippen MR) is 269 cm³/mol. The number of halogens is 3. The molecule has 0 aliphatic carbocycles. The average molecular weight is 1200 g/mol. The number of ether oxygens (including phenoxy) is 4. The van der Waals surface area contributed by atoms with Crippen LogP contribution in [0.3, 0.4) is 0 Å². The number of nitrogens with zero attached hydrogens (tertiary/aromatic N) is 3. The molecule has 3 heterocycles. The summed E-state index contributed by atoms with van der Waals surface area (Å²) < 4.78 is 20.5. The maximum atomic E-state index is 11.2. The third kappa shape index (κ3) is 41.6. The molecular formula is C48H73Cl2IK2N3NaO13. The van der Waals surface area contributed by atoms with E-state index >= 15 is 0 Å². The Hall–Kier alpha value is 0.323. The van der Waals surface area contributed by atoms with E-state index in [4.69, 9.17) is 41.3 Å². The van der Waals surface area contributed by atoms with Crippen molar-refractivity contribution in [2.75, 3.05) is 92.2 Å². The molecule has 0 bridgehead atoms. The zero-order valence-corrected chi connectivity index (χ0v) is 54.1. The van der Waals surface area contributed by atoms with Crippen molar-refractivity contribution in [3.63, 3.8) is 0 Å². The molecule has 3 aliphatic heterocycles. The van der Waals surface area contributed by atoms with Crippen molar-refractivity contribution in [3.8, 4) is 17.2 Å². The van der Waals surface area contributed by atoms with Crippen LogP contribution in [0.15, 0.2) is 72.8 Å². The second-order valence-electron chi connectivity index (χ2n) is 15.3. The Bertz CT molecular complexity index is 1710. The Labute approximate surface area is 552 Å². The second-order valence-corrected chi connectivity index (χ2v) is 15.7. The Balaban J connectivity index is -0.000000193.